The maximum Gasteiger partial charge on any atom is 0.283 e. The average Bonchev–Trinajstić information content (AvgIpc) is 2.92. The van der Waals surface area contributed by atoms with Crippen molar-refractivity contribution < 1.29 is 9.59 Å². The maximum atomic E-state index is 13.4. The van der Waals surface area contributed by atoms with Gasteiger partial charge < -0.3 is 9.80 Å². The standard InChI is InChI=1S/C27H24ClN5O3/c28-21-9-4-8-20(18-21)25(34)31-14-16-32(17-15-31)26(35)23-27(36)33(13-11-19-6-2-1-3-7-19)24-22(30-23)10-5-12-29-24/h1-10,12,18H,11,13-17H2. The molecule has 0 bridgehead atoms. The summed E-state index contributed by atoms with van der Waals surface area (Å²) >= 11 is 6.02. The van der Waals surface area contributed by atoms with Crippen LogP contribution in [0.5, 0.6) is 0 Å². The van der Waals surface area contributed by atoms with Crippen LogP contribution < -0.4 is 5.56 Å². The summed E-state index contributed by atoms with van der Waals surface area (Å²) in [6.45, 7) is 1.70. The van der Waals surface area contributed by atoms with E-state index in [9.17, 15) is 14.4 Å². The summed E-state index contributed by atoms with van der Waals surface area (Å²) in [6.07, 6.45) is 2.23. The van der Waals surface area contributed by atoms with Crippen LogP contribution in [0.4, 0.5) is 0 Å². The molecule has 2 aromatic carbocycles. The molecule has 8 nitrogen and oxygen atoms in total. The minimum Gasteiger partial charge on any atom is -0.335 e. The molecule has 182 valence electrons. The second-order valence-electron chi connectivity index (χ2n) is 8.59. The van der Waals surface area contributed by atoms with Gasteiger partial charge in [0.15, 0.2) is 11.3 Å². The highest BCUT2D eigenvalue weighted by atomic mass is 35.5. The van der Waals surface area contributed by atoms with E-state index < -0.39 is 11.5 Å². The normalized spacial score (nSPS) is 13.7. The molecule has 3 heterocycles. The molecule has 0 radical (unpaired) electrons. The Bertz CT molecular complexity index is 1480. The number of pyridine rings is 1. The average molecular weight is 502 g/mol. The van der Waals surface area contributed by atoms with Gasteiger partial charge in [0, 0.05) is 49.5 Å². The number of hydrogen-bond acceptors (Lipinski definition) is 5. The van der Waals surface area contributed by atoms with Gasteiger partial charge in [-0.25, -0.2) is 9.97 Å². The lowest BCUT2D eigenvalue weighted by atomic mass is 10.1. The molecule has 1 fully saturated rings. The van der Waals surface area contributed by atoms with Crippen molar-refractivity contribution in [1.82, 2.24) is 24.3 Å². The zero-order chi connectivity index (χ0) is 25.1. The quantitative estimate of drug-likeness (QED) is 0.419. The second kappa shape index (κ2) is 10.3. The number of carbonyl (C=O) groups excluding carboxylic acids is 2. The number of aryl methyl sites for hydroxylation is 2. The van der Waals surface area contributed by atoms with E-state index in [1.165, 1.54) is 4.57 Å². The number of hydrogen-bond donors (Lipinski definition) is 0. The van der Waals surface area contributed by atoms with E-state index in [2.05, 4.69) is 9.97 Å². The van der Waals surface area contributed by atoms with Crippen LogP contribution in [0.25, 0.3) is 11.2 Å². The Balaban J connectivity index is 1.36. The van der Waals surface area contributed by atoms with E-state index in [1.54, 1.807) is 52.4 Å². The topological polar surface area (TPSA) is 88.4 Å². The Morgan fingerprint density at radius 3 is 2.31 bits per heavy atom. The molecule has 0 spiro atoms. The van der Waals surface area contributed by atoms with Crippen molar-refractivity contribution in [2.75, 3.05) is 26.2 Å². The highest BCUT2D eigenvalue weighted by Gasteiger charge is 2.28. The third-order valence-electron chi connectivity index (χ3n) is 6.30. The lowest BCUT2D eigenvalue weighted by molar-refractivity contribution is 0.0531. The lowest BCUT2D eigenvalue weighted by Crippen LogP contribution is -2.51. The zero-order valence-corrected chi connectivity index (χ0v) is 20.3. The van der Waals surface area contributed by atoms with Gasteiger partial charge in [-0.15, -0.1) is 0 Å². The monoisotopic (exact) mass is 501 g/mol. The fourth-order valence-corrected chi connectivity index (χ4v) is 4.57. The Hall–Kier alpha value is -4.04. The molecular formula is C27H24ClN5O3. The first kappa shape index (κ1) is 23.7. The summed E-state index contributed by atoms with van der Waals surface area (Å²) in [5.41, 5.74) is 1.94. The van der Waals surface area contributed by atoms with Gasteiger partial charge in [0.25, 0.3) is 17.4 Å². The number of nitrogens with zero attached hydrogens (tertiary/aromatic N) is 5. The minimum absolute atomic E-state index is 0.127. The van der Waals surface area contributed by atoms with Gasteiger partial charge in [0.2, 0.25) is 0 Å². The SMILES string of the molecule is O=C(c1cccc(Cl)c1)N1CCN(C(=O)c2nc3cccnc3n(CCc3ccccc3)c2=O)CC1. The third kappa shape index (κ3) is 4.85. The summed E-state index contributed by atoms with van der Waals surface area (Å²) in [4.78, 5) is 51.6. The molecule has 0 atom stereocenters. The number of rotatable bonds is 5. The maximum absolute atomic E-state index is 13.4. The van der Waals surface area contributed by atoms with Gasteiger partial charge in [-0.1, -0.05) is 48.0 Å². The number of fused-ring (bicyclic) bond motifs is 1. The predicted octanol–water partition coefficient (Wildman–Crippen LogP) is 3.29. The van der Waals surface area contributed by atoms with E-state index in [0.29, 0.717) is 60.9 Å². The van der Waals surface area contributed by atoms with Crippen LogP contribution in [0.2, 0.25) is 5.02 Å². The summed E-state index contributed by atoms with van der Waals surface area (Å²) in [5, 5.41) is 0.495. The first-order chi connectivity index (χ1) is 17.5. The van der Waals surface area contributed by atoms with E-state index in [-0.39, 0.29) is 11.6 Å². The molecule has 1 aliphatic heterocycles. The van der Waals surface area contributed by atoms with Crippen LogP contribution in [0, 0.1) is 0 Å². The second-order valence-corrected chi connectivity index (χ2v) is 9.03. The molecule has 1 saturated heterocycles. The van der Waals surface area contributed by atoms with Crippen LogP contribution in [-0.4, -0.2) is 62.3 Å². The van der Waals surface area contributed by atoms with Crippen molar-refractivity contribution in [3.05, 3.63) is 105 Å². The Morgan fingerprint density at radius 2 is 1.58 bits per heavy atom. The van der Waals surface area contributed by atoms with E-state index in [1.807, 2.05) is 30.3 Å². The summed E-state index contributed by atoms with van der Waals surface area (Å²) in [6, 6.07) is 20.1. The van der Waals surface area contributed by atoms with E-state index in [0.717, 1.165) is 5.56 Å². The smallest absolute Gasteiger partial charge is 0.283 e. The van der Waals surface area contributed by atoms with Gasteiger partial charge in [0.1, 0.15) is 5.52 Å². The van der Waals surface area contributed by atoms with Gasteiger partial charge >= 0.3 is 0 Å². The molecule has 2 aromatic heterocycles. The van der Waals surface area contributed by atoms with Crippen molar-refractivity contribution in [2.24, 2.45) is 0 Å². The summed E-state index contributed by atoms with van der Waals surface area (Å²) < 4.78 is 1.53. The van der Waals surface area contributed by atoms with Gasteiger partial charge in [-0.2, -0.15) is 0 Å². The third-order valence-corrected chi connectivity index (χ3v) is 6.53. The summed E-state index contributed by atoms with van der Waals surface area (Å²) in [7, 11) is 0. The number of amides is 2. The van der Waals surface area contributed by atoms with Gasteiger partial charge in [-0.05, 0) is 42.3 Å². The van der Waals surface area contributed by atoms with Crippen molar-refractivity contribution in [3.8, 4) is 0 Å². The van der Waals surface area contributed by atoms with Crippen LogP contribution in [0.3, 0.4) is 0 Å². The molecule has 5 rings (SSSR count). The minimum atomic E-state index is -0.459. The van der Waals surface area contributed by atoms with Crippen LogP contribution in [0.1, 0.15) is 26.4 Å². The Kier molecular flexibility index (Phi) is 6.77. The lowest BCUT2D eigenvalue weighted by Gasteiger charge is -2.34. The first-order valence-corrected chi connectivity index (χ1v) is 12.1. The van der Waals surface area contributed by atoms with Crippen molar-refractivity contribution in [2.45, 2.75) is 13.0 Å². The predicted molar refractivity (Wildman–Crippen MR) is 137 cm³/mol. The fraction of sp³-hybridized carbons (Fsp3) is 0.222. The highest BCUT2D eigenvalue weighted by Crippen LogP contribution is 2.16. The van der Waals surface area contributed by atoms with Gasteiger partial charge in [0.05, 0.1) is 0 Å². The molecule has 0 aliphatic carbocycles. The number of halogens is 1. The van der Waals surface area contributed by atoms with Crippen LogP contribution >= 0.6 is 11.6 Å². The molecule has 4 aromatic rings. The number of piperazine rings is 1. The van der Waals surface area contributed by atoms with Crippen molar-refractivity contribution in [3.63, 3.8) is 0 Å². The molecule has 9 heteroatoms. The first-order valence-electron chi connectivity index (χ1n) is 11.7. The molecular weight excluding hydrogens is 478 g/mol. The number of carbonyl (C=O) groups is 2. The summed E-state index contributed by atoms with van der Waals surface area (Å²) in [5.74, 6) is -0.572. The molecule has 0 N–H and O–H groups in total. The van der Waals surface area contributed by atoms with Crippen LogP contribution in [0.15, 0.2) is 77.7 Å². The number of aromatic nitrogens is 3. The van der Waals surface area contributed by atoms with E-state index >= 15 is 0 Å². The Labute approximate surface area is 212 Å². The van der Waals surface area contributed by atoms with Gasteiger partial charge in [-0.3, -0.25) is 19.0 Å². The number of benzene rings is 2. The molecule has 0 saturated carbocycles. The largest absolute Gasteiger partial charge is 0.335 e. The zero-order valence-electron chi connectivity index (χ0n) is 19.5. The Morgan fingerprint density at radius 1 is 0.861 bits per heavy atom. The molecule has 36 heavy (non-hydrogen) atoms. The van der Waals surface area contributed by atoms with E-state index in [4.69, 9.17) is 11.6 Å². The van der Waals surface area contributed by atoms with Crippen molar-refractivity contribution in [1.29, 1.82) is 0 Å². The molecule has 2 amide bonds. The molecule has 0 unspecified atom stereocenters. The fourth-order valence-electron chi connectivity index (χ4n) is 4.37. The van der Waals surface area contributed by atoms with Crippen molar-refractivity contribution >= 4 is 34.6 Å². The molecule has 1 aliphatic rings. The highest BCUT2D eigenvalue weighted by molar-refractivity contribution is 6.30. The van der Waals surface area contributed by atoms with Crippen LogP contribution in [-0.2, 0) is 13.0 Å².